The Bertz CT molecular complexity index is 1130. The van der Waals surface area contributed by atoms with Gasteiger partial charge < -0.3 is 14.2 Å². The second-order valence-corrected chi connectivity index (χ2v) is 17.9. The minimum atomic E-state index is -0.590. The molecule has 1 aromatic carbocycles. The lowest BCUT2D eigenvalue weighted by atomic mass is 10.0. The Labute approximate surface area is 371 Å². The number of benzene rings is 1. The molecule has 0 aliphatic heterocycles. The van der Waals surface area contributed by atoms with Crippen molar-refractivity contribution in [1.29, 1.82) is 0 Å². The third-order valence-electron chi connectivity index (χ3n) is 12.1. The van der Waals surface area contributed by atoms with Gasteiger partial charge in [-0.3, -0.25) is 0 Å². The maximum absolute atomic E-state index is 13.4. The molecule has 60 heavy (non-hydrogen) atoms. The summed E-state index contributed by atoms with van der Waals surface area (Å²) in [5.41, 5.74) is 0.481. The first-order valence-corrected chi connectivity index (χ1v) is 26.2. The predicted molar refractivity (Wildman–Crippen MR) is 254 cm³/mol. The van der Waals surface area contributed by atoms with Crippen LogP contribution in [-0.4, -0.2) is 37.7 Å². The first kappa shape index (κ1) is 55.6. The zero-order chi connectivity index (χ0) is 43.4. The van der Waals surface area contributed by atoms with E-state index in [1.54, 1.807) is 6.07 Å². The van der Waals surface area contributed by atoms with Crippen LogP contribution in [0.5, 0.6) is 0 Å². The van der Waals surface area contributed by atoms with Gasteiger partial charge in [0.2, 0.25) is 0 Å². The fourth-order valence-corrected chi connectivity index (χ4v) is 8.11. The molecule has 0 fully saturated rings. The quantitative estimate of drug-likeness (QED) is 0.0370. The van der Waals surface area contributed by atoms with Gasteiger partial charge in [0.15, 0.2) is 0 Å². The van der Waals surface area contributed by atoms with Crippen LogP contribution in [0.15, 0.2) is 18.2 Å². The number of rotatable bonds is 45. The number of esters is 3. The molecule has 0 bridgehead atoms. The molecule has 0 N–H and O–H groups in total. The summed E-state index contributed by atoms with van der Waals surface area (Å²) in [6, 6.07) is 4.55. The monoisotopic (exact) mass is 841 g/mol. The zero-order valence-corrected chi connectivity index (χ0v) is 39.9. The third kappa shape index (κ3) is 33.3. The van der Waals surface area contributed by atoms with Gasteiger partial charge in [0.1, 0.15) is 0 Å². The van der Waals surface area contributed by atoms with Gasteiger partial charge >= 0.3 is 17.9 Å². The van der Waals surface area contributed by atoms with Crippen molar-refractivity contribution >= 4 is 17.9 Å². The highest BCUT2D eigenvalue weighted by Crippen LogP contribution is 2.19. The van der Waals surface area contributed by atoms with Gasteiger partial charge in [-0.2, -0.15) is 0 Å². The van der Waals surface area contributed by atoms with Gasteiger partial charge in [0, 0.05) is 0 Å². The van der Waals surface area contributed by atoms with E-state index in [0.29, 0.717) is 13.2 Å². The molecule has 0 heterocycles. The Hall–Kier alpha value is -2.37. The molecule has 0 atom stereocenters. The second kappa shape index (κ2) is 43.3. The van der Waals surface area contributed by atoms with Crippen molar-refractivity contribution in [3.63, 3.8) is 0 Å². The molecule has 0 aliphatic carbocycles. The second-order valence-electron chi connectivity index (χ2n) is 17.9. The molecule has 0 amide bonds. The van der Waals surface area contributed by atoms with Gasteiger partial charge in [0.25, 0.3) is 0 Å². The van der Waals surface area contributed by atoms with E-state index in [0.717, 1.165) is 57.8 Å². The minimum absolute atomic E-state index is 0.0791. The molecule has 1 aromatic rings. The Morgan fingerprint density at radius 1 is 0.300 bits per heavy atom. The lowest BCUT2D eigenvalue weighted by molar-refractivity contribution is 0.0447. The van der Waals surface area contributed by atoms with Crippen LogP contribution in [0, 0.1) is 0 Å². The molecule has 0 spiro atoms. The number of hydrogen-bond donors (Lipinski definition) is 0. The largest absolute Gasteiger partial charge is 0.462 e. The summed E-state index contributed by atoms with van der Waals surface area (Å²) in [4.78, 5) is 39.7. The molecule has 0 radical (unpaired) electrons. The predicted octanol–water partition coefficient (Wildman–Crippen LogP) is 17.4. The Balaban J connectivity index is 2.48. The number of ether oxygens (including phenoxy) is 3. The van der Waals surface area contributed by atoms with Crippen LogP contribution in [-0.2, 0) is 14.2 Å². The highest BCUT2D eigenvalue weighted by molar-refractivity contribution is 6.05. The molecule has 0 unspecified atom stereocenters. The van der Waals surface area contributed by atoms with E-state index in [9.17, 15) is 14.4 Å². The summed E-state index contributed by atoms with van der Waals surface area (Å²) >= 11 is 0. The molecular weight excluding hydrogens is 745 g/mol. The maximum Gasteiger partial charge on any atom is 0.339 e. The van der Waals surface area contributed by atoms with Crippen molar-refractivity contribution in [3.05, 3.63) is 34.9 Å². The van der Waals surface area contributed by atoms with E-state index in [2.05, 4.69) is 20.8 Å². The highest BCUT2D eigenvalue weighted by Gasteiger charge is 2.22. The van der Waals surface area contributed by atoms with Crippen molar-refractivity contribution < 1.29 is 28.6 Å². The third-order valence-corrected chi connectivity index (χ3v) is 12.1. The van der Waals surface area contributed by atoms with E-state index < -0.39 is 17.9 Å². The summed E-state index contributed by atoms with van der Waals surface area (Å²) in [5, 5.41) is 0. The van der Waals surface area contributed by atoms with Crippen LogP contribution in [0.25, 0.3) is 0 Å². The van der Waals surface area contributed by atoms with Crippen LogP contribution < -0.4 is 0 Å². The van der Waals surface area contributed by atoms with E-state index in [1.165, 1.54) is 205 Å². The van der Waals surface area contributed by atoms with Crippen molar-refractivity contribution in [3.8, 4) is 0 Å². The van der Waals surface area contributed by atoms with Gasteiger partial charge in [-0.15, -0.1) is 0 Å². The molecule has 348 valence electrons. The average molecular weight is 841 g/mol. The molecular formula is C54H96O6. The van der Waals surface area contributed by atoms with Crippen LogP contribution in [0.2, 0.25) is 0 Å². The van der Waals surface area contributed by atoms with Gasteiger partial charge in [-0.05, 0) is 37.5 Å². The van der Waals surface area contributed by atoms with Crippen molar-refractivity contribution in [2.45, 2.75) is 271 Å². The van der Waals surface area contributed by atoms with Crippen LogP contribution in [0.4, 0.5) is 0 Å². The minimum Gasteiger partial charge on any atom is -0.462 e. The molecule has 6 nitrogen and oxygen atoms in total. The summed E-state index contributed by atoms with van der Waals surface area (Å²) < 4.78 is 16.9. The van der Waals surface area contributed by atoms with E-state index in [-0.39, 0.29) is 23.3 Å². The Morgan fingerprint density at radius 2 is 0.533 bits per heavy atom. The topological polar surface area (TPSA) is 78.9 Å². The average Bonchev–Trinajstić information content (AvgIpc) is 3.26. The fraction of sp³-hybridized carbons (Fsp3) is 0.833. The summed E-state index contributed by atoms with van der Waals surface area (Å²) in [6.45, 7) is 7.74. The standard InChI is InChI=1S/C54H96O6/c1-4-7-10-13-16-19-22-25-28-31-34-37-40-45-58-52(55)49-43-44-50(53(56)59-46-41-38-35-32-29-26-23-20-17-14-11-8-5-2)51(48-49)54(57)60-47-42-39-36-33-30-27-24-21-18-15-12-9-6-3/h43-44,48H,4-42,45-47H2,1-3H3. The fourth-order valence-electron chi connectivity index (χ4n) is 8.11. The summed E-state index contributed by atoms with van der Waals surface area (Å²) in [7, 11) is 0. The first-order chi connectivity index (χ1) is 29.5. The summed E-state index contributed by atoms with van der Waals surface area (Å²) in [6.07, 6.45) is 48.8. The maximum atomic E-state index is 13.4. The van der Waals surface area contributed by atoms with Crippen LogP contribution in [0.3, 0.4) is 0 Å². The Kier molecular flexibility index (Phi) is 40.1. The normalized spacial score (nSPS) is 11.2. The van der Waals surface area contributed by atoms with Gasteiger partial charge in [-0.25, -0.2) is 14.4 Å². The number of unbranched alkanes of at least 4 members (excludes halogenated alkanes) is 36. The molecule has 0 aromatic heterocycles. The molecule has 0 saturated carbocycles. The molecule has 1 rings (SSSR count). The zero-order valence-electron chi connectivity index (χ0n) is 39.9. The van der Waals surface area contributed by atoms with Crippen molar-refractivity contribution in [1.82, 2.24) is 0 Å². The van der Waals surface area contributed by atoms with Gasteiger partial charge in [0.05, 0.1) is 36.5 Å². The van der Waals surface area contributed by atoms with Crippen molar-refractivity contribution in [2.75, 3.05) is 19.8 Å². The lowest BCUT2D eigenvalue weighted by Crippen LogP contribution is -2.17. The molecule has 0 aliphatic rings. The Morgan fingerprint density at radius 3 is 0.817 bits per heavy atom. The van der Waals surface area contributed by atoms with E-state index in [1.807, 2.05) is 0 Å². The highest BCUT2D eigenvalue weighted by atomic mass is 16.5. The number of carbonyl (C=O) groups is 3. The SMILES string of the molecule is CCCCCCCCCCCCCCCOC(=O)c1ccc(C(=O)OCCCCCCCCCCCCCCC)c(C(=O)OCCCCCCCCCCCCCCC)c1. The van der Waals surface area contributed by atoms with Crippen LogP contribution >= 0.6 is 0 Å². The molecule has 0 saturated heterocycles. The summed E-state index contributed by atoms with van der Waals surface area (Å²) in [5.74, 6) is -1.62. The number of carbonyl (C=O) groups excluding carboxylic acids is 3. The van der Waals surface area contributed by atoms with E-state index >= 15 is 0 Å². The smallest absolute Gasteiger partial charge is 0.339 e. The number of hydrogen-bond acceptors (Lipinski definition) is 6. The lowest BCUT2D eigenvalue weighted by Gasteiger charge is -2.12. The van der Waals surface area contributed by atoms with Crippen molar-refractivity contribution in [2.24, 2.45) is 0 Å². The van der Waals surface area contributed by atoms with Crippen LogP contribution in [0.1, 0.15) is 302 Å². The molecule has 6 heteroatoms. The van der Waals surface area contributed by atoms with Gasteiger partial charge in [-0.1, -0.05) is 252 Å². The van der Waals surface area contributed by atoms with E-state index in [4.69, 9.17) is 14.2 Å². The first-order valence-electron chi connectivity index (χ1n) is 26.2.